The van der Waals surface area contributed by atoms with Crippen molar-refractivity contribution >= 4 is 11.7 Å². The number of hydrogen-bond donors (Lipinski definition) is 2. The predicted molar refractivity (Wildman–Crippen MR) is 63.7 cm³/mol. The van der Waals surface area contributed by atoms with Crippen LogP contribution < -0.4 is 5.32 Å². The maximum absolute atomic E-state index is 10.3. The molecule has 0 spiro atoms. The first-order valence-electron chi connectivity index (χ1n) is 5.51. The second-order valence-corrected chi connectivity index (χ2v) is 3.97. The number of carboxylic acid groups (broad SMARTS) is 1. The lowest BCUT2D eigenvalue weighted by molar-refractivity contribution is -0.131. The summed E-state index contributed by atoms with van der Waals surface area (Å²) in [6.45, 7) is 1.05. The molecule has 0 fully saturated rings. The van der Waals surface area contributed by atoms with Crippen LogP contribution in [0.5, 0.6) is 0 Å². The van der Waals surface area contributed by atoms with Crippen LogP contribution in [0, 0.1) is 0 Å². The first kappa shape index (κ1) is 10.7. The number of allylic oxidation sites excluding steroid dienone is 1. The van der Waals surface area contributed by atoms with Crippen molar-refractivity contribution in [3.63, 3.8) is 0 Å². The minimum absolute atomic E-state index is 0.680. The Labute approximate surface area is 94.8 Å². The molecule has 0 unspecified atom stereocenters. The van der Waals surface area contributed by atoms with Crippen LogP contribution in [0.1, 0.15) is 17.5 Å². The number of carbonyl (C=O) groups is 1. The number of nitrogens with one attached hydrogen (secondary N) is 1. The predicted octanol–water partition coefficient (Wildman–Crippen LogP) is 2.23. The van der Waals surface area contributed by atoms with Crippen molar-refractivity contribution in [2.24, 2.45) is 0 Å². The number of benzene rings is 1. The molecule has 0 atom stereocenters. The quantitative estimate of drug-likeness (QED) is 0.763. The van der Waals surface area contributed by atoms with Crippen molar-refractivity contribution in [1.29, 1.82) is 0 Å². The molecule has 3 heteroatoms. The van der Waals surface area contributed by atoms with Crippen LogP contribution in [0.4, 0.5) is 5.69 Å². The highest BCUT2D eigenvalue weighted by atomic mass is 16.4. The lowest BCUT2D eigenvalue weighted by Gasteiger charge is -2.18. The van der Waals surface area contributed by atoms with Crippen LogP contribution in [-0.4, -0.2) is 17.6 Å². The normalized spacial score (nSPS) is 14.5. The molecule has 2 rings (SSSR count). The molecule has 0 bridgehead atoms. The van der Waals surface area contributed by atoms with Gasteiger partial charge in [0.2, 0.25) is 0 Å². The zero-order valence-corrected chi connectivity index (χ0v) is 9.07. The van der Waals surface area contributed by atoms with Gasteiger partial charge in [0, 0.05) is 18.3 Å². The fraction of sp³-hybridized carbons (Fsp3) is 0.308. The van der Waals surface area contributed by atoms with Gasteiger partial charge in [-0.05, 0) is 36.5 Å². The van der Waals surface area contributed by atoms with Gasteiger partial charge in [-0.2, -0.15) is 0 Å². The average Bonchev–Trinajstić information content (AvgIpc) is 2.28. The van der Waals surface area contributed by atoms with E-state index < -0.39 is 5.97 Å². The summed E-state index contributed by atoms with van der Waals surface area (Å²) in [6.07, 6.45) is 5.83. The second kappa shape index (κ2) is 4.84. The molecule has 0 aliphatic carbocycles. The Bertz CT molecular complexity index is 424. The monoisotopic (exact) mass is 217 g/mol. The molecule has 2 N–H and O–H groups in total. The molecular weight excluding hydrogens is 202 g/mol. The van der Waals surface area contributed by atoms with E-state index in [1.165, 1.54) is 29.3 Å². The van der Waals surface area contributed by atoms with E-state index in [4.69, 9.17) is 5.11 Å². The van der Waals surface area contributed by atoms with Gasteiger partial charge in [-0.25, -0.2) is 4.79 Å². The van der Waals surface area contributed by atoms with Crippen molar-refractivity contribution in [3.05, 3.63) is 41.5 Å². The molecule has 3 nitrogen and oxygen atoms in total. The fourth-order valence-corrected chi connectivity index (χ4v) is 1.95. The van der Waals surface area contributed by atoms with E-state index in [1.54, 1.807) is 6.08 Å². The molecule has 84 valence electrons. The number of aryl methyl sites for hydroxylation is 1. The smallest absolute Gasteiger partial charge is 0.327 e. The van der Waals surface area contributed by atoms with Crippen LogP contribution in [0.2, 0.25) is 0 Å². The summed E-state index contributed by atoms with van der Waals surface area (Å²) in [7, 11) is 0. The van der Waals surface area contributed by atoms with Gasteiger partial charge in [0.05, 0.1) is 0 Å². The lowest BCUT2D eigenvalue weighted by Crippen LogP contribution is -2.11. The van der Waals surface area contributed by atoms with Gasteiger partial charge in [0.15, 0.2) is 0 Å². The van der Waals surface area contributed by atoms with Gasteiger partial charge in [-0.3, -0.25) is 0 Å². The van der Waals surface area contributed by atoms with Gasteiger partial charge in [-0.15, -0.1) is 0 Å². The standard InChI is InChI=1S/C13H15NO2/c15-13(16)5-1-3-10-6-7-12-11(9-10)4-2-8-14-12/h1,5-7,9,14H,2-4,8H2,(H,15,16)/b5-1+. The highest BCUT2D eigenvalue weighted by Crippen LogP contribution is 2.23. The topological polar surface area (TPSA) is 49.3 Å². The Morgan fingerprint density at radius 2 is 2.38 bits per heavy atom. The third-order valence-electron chi connectivity index (χ3n) is 2.72. The van der Waals surface area contributed by atoms with E-state index in [2.05, 4.69) is 17.4 Å². The molecule has 0 saturated carbocycles. The van der Waals surface area contributed by atoms with Crippen molar-refractivity contribution in [1.82, 2.24) is 0 Å². The van der Waals surface area contributed by atoms with E-state index in [0.29, 0.717) is 6.42 Å². The maximum atomic E-state index is 10.3. The van der Waals surface area contributed by atoms with Crippen LogP contribution in [0.15, 0.2) is 30.4 Å². The zero-order valence-electron chi connectivity index (χ0n) is 9.07. The van der Waals surface area contributed by atoms with Crippen molar-refractivity contribution in [2.45, 2.75) is 19.3 Å². The van der Waals surface area contributed by atoms with Crippen molar-refractivity contribution < 1.29 is 9.90 Å². The van der Waals surface area contributed by atoms with Crippen molar-refractivity contribution in [2.75, 3.05) is 11.9 Å². The van der Waals surface area contributed by atoms with Crippen LogP contribution in [0.3, 0.4) is 0 Å². The molecule has 1 aliphatic heterocycles. The molecular formula is C13H15NO2. The summed E-state index contributed by atoms with van der Waals surface area (Å²) >= 11 is 0. The van der Waals surface area contributed by atoms with Crippen LogP contribution >= 0.6 is 0 Å². The Hall–Kier alpha value is -1.77. The van der Waals surface area contributed by atoms with Gasteiger partial charge >= 0.3 is 5.97 Å². The third kappa shape index (κ3) is 2.63. The van der Waals surface area contributed by atoms with E-state index in [1.807, 2.05) is 6.07 Å². The van der Waals surface area contributed by atoms with E-state index >= 15 is 0 Å². The number of carboxylic acids is 1. The molecule has 0 saturated heterocycles. The van der Waals surface area contributed by atoms with Crippen LogP contribution in [-0.2, 0) is 17.6 Å². The van der Waals surface area contributed by atoms with Gasteiger partial charge in [0.1, 0.15) is 0 Å². The van der Waals surface area contributed by atoms with E-state index in [0.717, 1.165) is 13.0 Å². The molecule has 0 radical (unpaired) electrons. The molecule has 16 heavy (non-hydrogen) atoms. The largest absolute Gasteiger partial charge is 0.478 e. The summed E-state index contributed by atoms with van der Waals surface area (Å²) in [5.41, 5.74) is 3.73. The average molecular weight is 217 g/mol. The fourth-order valence-electron chi connectivity index (χ4n) is 1.95. The summed E-state index contributed by atoms with van der Waals surface area (Å²) in [5.74, 6) is -0.889. The Morgan fingerprint density at radius 3 is 3.19 bits per heavy atom. The lowest BCUT2D eigenvalue weighted by atomic mass is 9.99. The minimum atomic E-state index is -0.889. The van der Waals surface area contributed by atoms with Crippen molar-refractivity contribution in [3.8, 4) is 0 Å². The number of hydrogen-bond acceptors (Lipinski definition) is 2. The first-order valence-corrected chi connectivity index (χ1v) is 5.51. The molecule has 1 heterocycles. The third-order valence-corrected chi connectivity index (χ3v) is 2.72. The SMILES string of the molecule is O=C(O)/C=C/Cc1ccc2c(c1)CCCN2. The Balaban J connectivity index is 2.08. The minimum Gasteiger partial charge on any atom is -0.478 e. The molecule has 0 amide bonds. The van der Waals surface area contributed by atoms with Gasteiger partial charge in [0.25, 0.3) is 0 Å². The Morgan fingerprint density at radius 1 is 1.50 bits per heavy atom. The maximum Gasteiger partial charge on any atom is 0.327 e. The summed E-state index contributed by atoms with van der Waals surface area (Å²) in [4.78, 5) is 10.3. The number of aliphatic carboxylic acids is 1. The second-order valence-electron chi connectivity index (χ2n) is 3.97. The summed E-state index contributed by atoms with van der Waals surface area (Å²) < 4.78 is 0. The van der Waals surface area contributed by atoms with Gasteiger partial charge < -0.3 is 10.4 Å². The molecule has 0 aromatic heterocycles. The molecule has 1 aromatic carbocycles. The van der Waals surface area contributed by atoms with Gasteiger partial charge in [-0.1, -0.05) is 18.2 Å². The molecule has 1 aromatic rings. The first-order chi connectivity index (χ1) is 7.75. The number of rotatable bonds is 3. The van der Waals surface area contributed by atoms with Crippen LogP contribution in [0.25, 0.3) is 0 Å². The zero-order chi connectivity index (χ0) is 11.4. The number of anilines is 1. The van der Waals surface area contributed by atoms with E-state index in [9.17, 15) is 4.79 Å². The van der Waals surface area contributed by atoms with E-state index in [-0.39, 0.29) is 0 Å². The highest BCUT2D eigenvalue weighted by molar-refractivity contribution is 5.79. The highest BCUT2D eigenvalue weighted by Gasteiger charge is 2.07. The summed E-state index contributed by atoms with van der Waals surface area (Å²) in [5, 5.41) is 11.8. The molecule has 1 aliphatic rings. The Kier molecular flexibility index (Phi) is 3.25. The summed E-state index contributed by atoms with van der Waals surface area (Å²) in [6, 6.07) is 6.29. The number of fused-ring (bicyclic) bond motifs is 1.